The van der Waals surface area contributed by atoms with E-state index in [1.807, 2.05) is 12.1 Å². The Balaban J connectivity index is 1.69. The third kappa shape index (κ3) is 1.90. The van der Waals surface area contributed by atoms with E-state index >= 15 is 0 Å². The second-order valence-corrected chi connectivity index (χ2v) is 7.51. The van der Waals surface area contributed by atoms with Gasteiger partial charge >= 0.3 is 0 Å². The third-order valence-electron chi connectivity index (χ3n) is 6.65. The molecule has 0 amide bonds. The smallest absolute Gasteiger partial charge is 0.115 e. The Kier molecular flexibility index (Phi) is 3.21. The fourth-order valence-corrected chi connectivity index (χ4v) is 5.62. The second kappa shape index (κ2) is 5.00. The summed E-state index contributed by atoms with van der Waals surface area (Å²) in [5.41, 5.74) is 4.39. The number of oxime groups is 1. The lowest BCUT2D eigenvalue weighted by atomic mass is 9.55. The minimum atomic E-state index is 0.242. The topological polar surface area (TPSA) is 41.8 Å². The van der Waals surface area contributed by atoms with Crippen LogP contribution in [0.5, 0.6) is 5.75 Å². The van der Waals surface area contributed by atoms with E-state index in [9.17, 15) is 5.11 Å². The molecule has 4 atom stereocenters. The molecule has 0 spiro atoms. The first-order valence-electron chi connectivity index (χ1n) is 8.56. The van der Waals surface area contributed by atoms with E-state index in [-0.39, 0.29) is 5.41 Å². The van der Waals surface area contributed by atoms with E-state index < -0.39 is 0 Å². The molecule has 0 radical (unpaired) electrons. The number of aryl methyl sites for hydroxylation is 1. The molecule has 22 heavy (non-hydrogen) atoms. The van der Waals surface area contributed by atoms with Gasteiger partial charge in [0, 0.05) is 5.41 Å². The number of rotatable bonds is 1. The van der Waals surface area contributed by atoms with E-state index in [0.717, 1.165) is 24.7 Å². The molecule has 0 heterocycles. The van der Waals surface area contributed by atoms with Crippen LogP contribution in [-0.4, -0.2) is 17.9 Å². The largest absolute Gasteiger partial charge is 0.508 e. The molecule has 3 aliphatic carbocycles. The van der Waals surface area contributed by atoms with Gasteiger partial charge in [0.15, 0.2) is 0 Å². The van der Waals surface area contributed by atoms with Crippen LogP contribution in [0.2, 0.25) is 0 Å². The van der Waals surface area contributed by atoms with Gasteiger partial charge < -0.3 is 9.94 Å². The molecule has 4 rings (SSSR count). The van der Waals surface area contributed by atoms with Gasteiger partial charge in [-0.15, -0.1) is 0 Å². The maximum absolute atomic E-state index is 9.74. The van der Waals surface area contributed by atoms with Crippen LogP contribution in [0.1, 0.15) is 56.1 Å². The molecular formula is C19H25NO2. The molecule has 2 fully saturated rings. The highest BCUT2D eigenvalue weighted by Crippen LogP contribution is 2.59. The molecule has 0 unspecified atom stereocenters. The average molecular weight is 299 g/mol. The first kappa shape index (κ1) is 14.1. The number of benzene rings is 1. The number of aromatic hydroxyl groups is 1. The molecule has 1 aromatic rings. The standard InChI is InChI=1S/C19H25NO2/c1-19-10-9-15-14-6-4-13(21)11-12(14)3-5-16(15)17(19)7-8-18(19)20-22-2/h4,6,11,15-17,21H,3,5,7-10H2,1-2H3/b20-18+/t15-,16-,17+,19+/m1/s1. The lowest BCUT2D eigenvalue weighted by Crippen LogP contribution is -2.42. The monoisotopic (exact) mass is 299 g/mol. The number of hydrogen-bond donors (Lipinski definition) is 1. The Morgan fingerprint density at radius 1 is 1.23 bits per heavy atom. The molecule has 118 valence electrons. The molecule has 1 N–H and O–H groups in total. The SMILES string of the molecule is CO/N=C1\CC[C@H]2[C@@H]3CCc4cc(O)ccc4[C@H]3CC[C@]12C. The van der Waals surface area contributed by atoms with Crippen LogP contribution in [0.25, 0.3) is 0 Å². The number of phenolic OH excluding ortho intramolecular Hbond substituents is 1. The summed E-state index contributed by atoms with van der Waals surface area (Å²) in [6.07, 6.45) is 7.16. The molecule has 0 bridgehead atoms. The lowest BCUT2D eigenvalue weighted by Gasteiger charge is -2.49. The predicted molar refractivity (Wildman–Crippen MR) is 87.2 cm³/mol. The summed E-state index contributed by atoms with van der Waals surface area (Å²) in [7, 11) is 1.67. The van der Waals surface area contributed by atoms with Crippen molar-refractivity contribution in [2.24, 2.45) is 22.4 Å². The number of phenols is 1. The molecule has 3 nitrogen and oxygen atoms in total. The van der Waals surface area contributed by atoms with Crippen LogP contribution in [0.3, 0.4) is 0 Å². The van der Waals surface area contributed by atoms with Crippen LogP contribution in [0.15, 0.2) is 23.4 Å². The Bertz CT molecular complexity index is 624. The summed E-state index contributed by atoms with van der Waals surface area (Å²) in [6, 6.07) is 6.01. The zero-order chi connectivity index (χ0) is 15.3. The Hall–Kier alpha value is -1.51. The highest BCUT2D eigenvalue weighted by atomic mass is 16.6. The summed E-state index contributed by atoms with van der Waals surface area (Å²) in [6.45, 7) is 2.41. The van der Waals surface area contributed by atoms with Gasteiger partial charge in [-0.25, -0.2) is 0 Å². The van der Waals surface area contributed by atoms with Crippen LogP contribution < -0.4 is 0 Å². The number of hydrogen-bond acceptors (Lipinski definition) is 3. The maximum Gasteiger partial charge on any atom is 0.115 e. The molecule has 0 saturated heterocycles. The number of fused-ring (bicyclic) bond motifs is 5. The fraction of sp³-hybridized carbons (Fsp3) is 0.632. The zero-order valence-corrected chi connectivity index (χ0v) is 13.5. The predicted octanol–water partition coefficient (Wildman–Crippen LogP) is 4.25. The third-order valence-corrected chi connectivity index (χ3v) is 6.65. The first-order valence-corrected chi connectivity index (χ1v) is 8.56. The van der Waals surface area contributed by atoms with Crippen molar-refractivity contribution in [3.63, 3.8) is 0 Å². The molecule has 0 aliphatic heterocycles. The van der Waals surface area contributed by atoms with Crippen molar-refractivity contribution in [3.05, 3.63) is 29.3 Å². The highest BCUT2D eigenvalue weighted by Gasteiger charge is 2.53. The highest BCUT2D eigenvalue weighted by molar-refractivity contribution is 5.92. The summed E-state index contributed by atoms with van der Waals surface area (Å²) in [5.74, 6) is 2.58. The van der Waals surface area contributed by atoms with Gasteiger partial charge in [-0.05, 0) is 79.5 Å². The minimum absolute atomic E-state index is 0.242. The van der Waals surface area contributed by atoms with Gasteiger partial charge in [-0.1, -0.05) is 18.1 Å². The van der Waals surface area contributed by atoms with Crippen molar-refractivity contribution < 1.29 is 9.94 Å². The van der Waals surface area contributed by atoms with Gasteiger partial charge in [0.1, 0.15) is 12.9 Å². The van der Waals surface area contributed by atoms with E-state index in [0.29, 0.717) is 11.7 Å². The van der Waals surface area contributed by atoms with Gasteiger partial charge in [-0.3, -0.25) is 0 Å². The first-order chi connectivity index (χ1) is 10.6. The van der Waals surface area contributed by atoms with Gasteiger partial charge in [-0.2, -0.15) is 0 Å². The maximum atomic E-state index is 9.74. The Morgan fingerprint density at radius 2 is 2.09 bits per heavy atom. The lowest BCUT2D eigenvalue weighted by molar-refractivity contribution is 0.0924. The molecule has 0 aromatic heterocycles. The van der Waals surface area contributed by atoms with E-state index in [2.05, 4.69) is 18.1 Å². The Morgan fingerprint density at radius 3 is 2.91 bits per heavy atom. The van der Waals surface area contributed by atoms with Crippen molar-refractivity contribution in [2.45, 2.75) is 51.4 Å². The fourth-order valence-electron chi connectivity index (χ4n) is 5.62. The minimum Gasteiger partial charge on any atom is -0.508 e. The van der Waals surface area contributed by atoms with Crippen LogP contribution in [0, 0.1) is 17.3 Å². The molecule has 3 heteroatoms. The van der Waals surface area contributed by atoms with E-state index in [1.54, 1.807) is 7.11 Å². The number of nitrogens with zero attached hydrogens (tertiary/aromatic N) is 1. The zero-order valence-electron chi connectivity index (χ0n) is 13.5. The van der Waals surface area contributed by atoms with Crippen molar-refractivity contribution >= 4 is 5.71 Å². The van der Waals surface area contributed by atoms with Crippen molar-refractivity contribution in [3.8, 4) is 5.75 Å². The van der Waals surface area contributed by atoms with Gasteiger partial charge in [0.2, 0.25) is 0 Å². The van der Waals surface area contributed by atoms with Crippen molar-refractivity contribution in [1.29, 1.82) is 0 Å². The van der Waals surface area contributed by atoms with Gasteiger partial charge in [0.05, 0.1) is 5.71 Å². The van der Waals surface area contributed by atoms with Crippen LogP contribution >= 0.6 is 0 Å². The quantitative estimate of drug-likeness (QED) is 0.788. The Labute approximate surface area is 132 Å². The second-order valence-electron chi connectivity index (χ2n) is 7.51. The van der Waals surface area contributed by atoms with Crippen LogP contribution in [-0.2, 0) is 11.3 Å². The average Bonchev–Trinajstić information content (AvgIpc) is 2.84. The molecular weight excluding hydrogens is 274 g/mol. The van der Waals surface area contributed by atoms with Crippen molar-refractivity contribution in [1.82, 2.24) is 0 Å². The van der Waals surface area contributed by atoms with E-state index in [4.69, 9.17) is 4.84 Å². The summed E-state index contributed by atoms with van der Waals surface area (Å²) < 4.78 is 0. The molecule has 1 aromatic carbocycles. The van der Waals surface area contributed by atoms with Crippen molar-refractivity contribution in [2.75, 3.05) is 7.11 Å². The van der Waals surface area contributed by atoms with Crippen LogP contribution in [0.4, 0.5) is 0 Å². The summed E-state index contributed by atoms with van der Waals surface area (Å²) >= 11 is 0. The molecule has 2 saturated carbocycles. The summed E-state index contributed by atoms with van der Waals surface area (Å²) in [5, 5.41) is 14.1. The van der Waals surface area contributed by atoms with E-state index in [1.165, 1.54) is 42.5 Å². The summed E-state index contributed by atoms with van der Waals surface area (Å²) in [4.78, 5) is 5.11. The normalized spacial score (nSPS) is 38.3. The molecule has 3 aliphatic rings. The van der Waals surface area contributed by atoms with Gasteiger partial charge in [0.25, 0.3) is 0 Å².